The van der Waals surface area contributed by atoms with Gasteiger partial charge in [0, 0.05) is 24.2 Å². The molecule has 1 saturated heterocycles. The summed E-state index contributed by atoms with van der Waals surface area (Å²) in [5.41, 5.74) is 3.07. The predicted octanol–water partition coefficient (Wildman–Crippen LogP) is 1.86. The molecule has 0 radical (unpaired) electrons. The zero-order valence-corrected chi connectivity index (χ0v) is 16.8. The molecule has 1 atom stereocenters. The summed E-state index contributed by atoms with van der Waals surface area (Å²) >= 11 is 0. The molecule has 4 rings (SSSR count). The molecular formula is C22H21N5O4. The van der Waals surface area contributed by atoms with Crippen LogP contribution in [0.4, 0.5) is 5.69 Å². The molecule has 158 valence electrons. The van der Waals surface area contributed by atoms with Crippen LogP contribution in [0.2, 0.25) is 0 Å². The number of likely N-dealkylation sites (N-methyl/N-ethyl adjacent to an activating group) is 1. The van der Waals surface area contributed by atoms with Crippen molar-refractivity contribution >= 4 is 40.7 Å². The summed E-state index contributed by atoms with van der Waals surface area (Å²) in [5.74, 6) is -0.846. The van der Waals surface area contributed by atoms with E-state index in [9.17, 15) is 19.2 Å². The first-order valence-electron chi connectivity index (χ1n) is 9.83. The lowest BCUT2D eigenvalue weighted by molar-refractivity contribution is -0.137. The minimum absolute atomic E-state index is 0.183. The van der Waals surface area contributed by atoms with E-state index in [1.54, 1.807) is 30.1 Å². The van der Waals surface area contributed by atoms with Crippen molar-refractivity contribution in [3.63, 3.8) is 0 Å². The fourth-order valence-electron chi connectivity index (χ4n) is 3.67. The maximum Gasteiger partial charge on any atom is 0.291 e. The Kier molecular flexibility index (Phi) is 5.59. The molecule has 2 heterocycles. The molecular weight excluding hydrogens is 398 g/mol. The number of carbonyl (C=O) groups is 4. The van der Waals surface area contributed by atoms with Gasteiger partial charge in [0.2, 0.25) is 11.8 Å². The van der Waals surface area contributed by atoms with Gasteiger partial charge in [0.25, 0.3) is 5.91 Å². The highest BCUT2D eigenvalue weighted by Gasteiger charge is 2.30. The Bertz CT molecular complexity index is 1150. The monoisotopic (exact) mass is 419 g/mol. The molecule has 0 bridgehead atoms. The van der Waals surface area contributed by atoms with E-state index in [1.165, 1.54) is 0 Å². The van der Waals surface area contributed by atoms with Gasteiger partial charge in [-0.25, -0.2) is 4.98 Å². The highest BCUT2D eigenvalue weighted by molar-refractivity contribution is 6.03. The van der Waals surface area contributed by atoms with Crippen molar-refractivity contribution in [1.29, 1.82) is 0 Å². The van der Waals surface area contributed by atoms with Gasteiger partial charge >= 0.3 is 0 Å². The van der Waals surface area contributed by atoms with Crippen LogP contribution in [0.5, 0.6) is 0 Å². The van der Waals surface area contributed by atoms with Crippen molar-refractivity contribution in [2.45, 2.75) is 25.4 Å². The summed E-state index contributed by atoms with van der Waals surface area (Å²) in [6.45, 7) is 0.300. The third kappa shape index (κ3) is 4.36. The molecule has 9 heteroatoms. The second kappa shape index (κ2) is 8.49. The number of aromatic amines is 1. The van der Waals surface area contributed by atoms with Gasteiger partial charge in [-0.1, -0.05) is 12.1 Å². The number of imide groups is 1. The normalized spacial score (nSPS) is 16.4. The molecule has 3 aromatic rings. The summed E-state index contributed by atoms with van der Waals surface area (Å²) in [7, 11) is 1.76. The number of hydrogen-bond donors (Lipinski definition) is 3. The molecule has 0 spiro atoms. The van der Waals surface area contributed by atoms with E-state index in [2.05, 4.69) is 20.6 Å². The highest BCUT2D eigenvalue weighted by atomic mass is 16.2. The number of aromatic nitrogens is 2. The number of hydrogen-bond acceptors (Lipinski definition) is 6. The number of piperidine rings is 1. The maximum atomic E-state index is 12.6. The molecule has 3 amide bonds. The molecule has 1 aliphatic rings. The first-order valence-corrected chi connectivity index (χ1v) is 9.83. The van der Waals surface area contributed by atoms with E-state index < -0.39 is 11.9 Å². The minimum atomic E-state index is -0.467. The molecule has 0 saturated carbocycles. The second-order valence-corrected chi connectivity index (χ2v) is 7.47. The number of nitrogens with zero attached hydrogens (tertiary/aromatic N) is 2. The van der Waals surface area contributed by atoms with Crippen LogP contribution < -0.4 is 10.6 Å². The molecule has 31 heavy (non-hydrogen) atoms. The number of imidazole rings is 1. The number of anilines is 1. The summed E-state index contributed by atoms with van der Waals surface area (Å²) in [6, 6.07) is 11.8. The average Bonchev–Trinajstić information content (AvgIpc) is 3.18. The van der Waals surface area contributed by atoms with Crippen LogP contribution in [0.25, 0.3) is 11.0 Å². The lowest BCUT2D eigenvalue weighted by Crippen LogP contribution is -2.51. The van der Waals surface area contributed by atoms with E-state index in [4.69, 9.17) is 0 Å². The number of nitrogens with one attached hydrogen (secondary N) is 3. The van der Waals surface area contributed by atoms with Crippen LogP contribution in [0.3, 0.4) is 0 Å². The van der Waals surface area contributed by atoms with Crippen LogP contribution in [0, 0.1) is 0 Å². The van der Waals surface area contributed by atoms with Crippen molar-refractivity contribution in [3.05, 3.63) is 59.4 Å². The van der Waals surface area contributed by atoms with Gasteiger partial charge in [0.15, 0.2) is 5.82 Å². The van der Waals surface area contributed by atoms with Crippen molar-refractivity contribution in [2.75, 3.05) is 12.4 Å². The summed E-state index contributed by atoms with van der Waals surface area (Å²) in [6.07, 6.45) is 1.42. The standard InChI is InChI=1S/C22H21N5O4/c1-27(18-8-9-19(29)26-21(18)30)11-14-10-15(7-6-13(14)12-28)23-22(31)20-24-16-4-2-3-5-17(16)25-20/h2-7,10,12,18H,8-9,11H2,1H3,(H,23,31)(H,24,25)(H,26,29,30). The summed E-state index contributed by atoms with van der Waals surface area (Å²) < 4.78 is 0. The molecule has 1 aromatic heterocycles. The fraction of sp³-hybridized carbons (Fsp3) is 0.227. The summed E-state index contributed by atoms with van der Waals surface area (Å²) in [4.78, 5) is 56.7. The van der Waals surface area contributed by atoms with Gasteiger partial charge < -0.3 is 10.3 Å². The zero-order valence-electron chi connectivity index (χ0n) is 16.8. The second-order valence-electron chi connectivity index (χ2n) is 7.47. The Labute approximate surface area is 177 Å². The van der Waals surface area contributed by atoms with Gasteiger partial charge in [-0.2, -0.15) is 0 Å². The fourth-order valence-corrected chi connectivity index (χ4v) is 3.67. The first kappa shape index (κ1) is 20.4. The molecule has 0 aliphatic carbocycles. The predicted molar refractivity (Wildman–Crippen MR) is 114 cm³/mol. The van der Waals surface area contributed by atoms with Gasteiger partial charge in [-0.3, -0.25) is 29.4 Å². The smallest absolute Gasteiger partial charge is 0.291 e. The Hall–Kier alpha value is -3.85. The highest BCUT2D eigenvalue weighted by Crippen LogP contribution is 2.20. The van der Waals surface area contributed by atoms with Gasteiger partial charge in [-0.15, -0.1) is 0 Å². The van der Waals surface area contributed by atoms with E-state index in [-0.39, 0.29) is 24.1 Å². The van der Waals surface area contributed by atoms with Gasteiger partial charge in [0.05, 0.1) is 17.1 Å². The molecule has 3 N–H and O–H groups in total. The van der Waals surface area contributed by atoms with E-state index in [1.807, 2.05) is 24.3 Å². The quantitative estimate of drug-likeness (QED) is 0.414. The molecule has 1 unspecified atom stereocenters. The third-order valence-corrected chi connectivity index (χ3v) is 5.29. The van der Waals surface area contributed by atoms with Crippen molar-refractivity contribution in [2.24, 2.45) is 0 Å². The molecule has 1 aliphatic heterocycles. The van der Waals surface area contributed by atoms with Crippen molar-refractivity contribution < 1.29 is 19.2 Å². The molecule has 2 aromatic carbocycles. The minimum Gasteiger partial charge on any atom is -0.334 e. The Morgan fingerprint density at radius 3 is 2.81 bits per heavy atom. The number of H-pyrrole nitrogens is 1. The Morgan fingerprint density at radius 1 is 1.26 bits per heavy atom. The van der Waals surface area contributed by atoms with E-state index in [0.717, 1.165) is 11.8 Å². The summed E-state index contributed by atoms with van der Waals surface area (Å²) in [5, 5.41) is 5.12. The SMILES string of the molecule is CN(Cc1cc(NC(=O)c2nc3ccccc3[nH]2)ccc1C=O)C1CCC(=O)NC1=O. The number of para-hydroxylation sites is 2. The number of amides is 3. The number of benzene rings is 2. The van der Waals surface area contributed by atoms with Gasteiger partial charge in [-0.05, 0) is 49.4 Å². The van der Waals surface area contributed by atoms with Gasteiger partial charge in [0.1, 0.15) is 6.29 Å². The molecule has 1 fully saturated rings. The van der Waals surface area contributed by atoms with E-state index in [0.29, 0.717) is 35.3 Å². The van der Waals surface area contributed by atoms with Crippen LogP contribution in [0.1, 0.15) is 39.4 Å². The number of aldehydes is 1. The lowest BCUT2D eigenvalue weighted by atomic mass is 10.0. The third-order valence-electron chi connectivity index (χ3n) is 5.29. The zero-order chi connectivity index (χ0) is 22.0. The average molecular weight is 419 g/mol. The van der Waals surface area contributed by atoms with Crippen molar-refractivity contribution in [3.8, 4) is 0 Å². The topological polar surface area (TPSA) is 124 Å². The number of carbonyl (C=O) groups excluding carboxylic acids is 4. The number of fused-ring (bicyclic) bond motifs is 1. The van der Waals surface area contributed by atoms with Crippen LogP contribution in [-0.4, -0.2) is 52.0 Å². The van der Waals surface area contributed by atoms with E-state index >= 15 is 0 Å². The van der Waals surface area contributed by atoms with Crippen molar-refractivity contribution in [1.82, 2.24) is 20.2 Å². The number of rotatable bonds is 6. The first-order chi connectivity index (χ1) is 14.9. The van der Waals surface area contributed by atoms with Crippen LogP contribution >= 0.6 is 0 Å². The van der Waals surface area contributed by atoms with Crippen LogP contribution in [-0.2, 0) is 16.1 Å². The lowest BCUT2D eigenvalue weighted by Gasteiger charge is -2.30. The maximum absolute atomic E-state index is 12.6. The Balaban J connectivity index is 1.51. The van der Waals surface area contributed by atoms with Crippen LogP contribution in [0.15, 0.2) is 42.5 Å². The Morgan fingerprint density at radius 2 is 2.06 bits per heavy atom. The molecule has 9 nitrogen and oxygen atoms in total. The largest absolute Gasteiger partial charge is 0.334 e.